The molecule has 0 atom stereocenters. The van der Waals surface area contributed by atoms with Crippen molar-refractivity contribution in [1.82, 2.24) is 9.13 Å². The number of rotatable bonds is 5. The topological polar surface area (TPSA) is 9.86 Å². The minimum atomic E-state index is 1.16. The first kappa shape index (κ1) is 35.8. The molecule has 2 nitrogen and oxygen atoms in total. The molecule has 64 heavy (non-hydrogen) atoms. The molecular formula is C60H36N2S2. The van der Waals surface area contributed by atoms with Gasteiger partial charge in [-0.05, 0) is 118 Å². The van der Waals surface area contributed by atoms with Crippen LogP contribution < -0.4 is 0 Å². The molecular weight excluding hydrogens is 813 g/mol. The Labute approximate surface area is 376 Å². The van der Waals surface area contributed by atoms with Gasteiger partial charge in [-0.25, -0.2) is 0 Å². The maximum atomic E-state index is 2.46. The van der Waals surface area contributed by atoms with Crippen LogP contribution in [-0.4, -0.2) is 9.13 Å². The van der Waals surface area contributed by atoms with E-state index < -0.39 is 0 Å². The summed E-state index contributed by atoms with van der Waals surface area (Å²) in [6, 6.07) is 81.0. The number of aromatic nitrogens is 2. The number of hydrogen-bond acceptors (Lipinski definition) is 2. The van der Waals surface area contributed by atoms with Gasteiger partial charge < -0.3 is 9.13 Å². The molecule has 14 rings (SSSR count). The summed E-state index contributed by atoms with van der Waals surface area (Å²) >= 11 is 3.76. The van der Waals surface area contributed by atoms with E-state index in [0.717, 1.165) is 11.4 Å². The number of benzene rings is 10. The first-order valence-electron chi connectivity index (χ1n) is 21.8. The van der Waals surface area contributed by atoms with Crippen molar-refractivity contribution >= 4 is 107 Å². The lowest BCUT2D eigenvalue weighted by atomic mass is 10.00. The summed E-state index contributed by atoms with van der Waals surface area (Å²) in [5.74, 6) is 0. The molecule has 298 valence electrons. The van der Waals surface area contributed by atoms with E-state index in [2.05, 4.69) is 228 Å². The Morgan fingerprint density at radius 2 is 0.578 bits per heavy atom. The number of nitrogens with zero attached hydrogens (tertiary/aromatic N) is 2. The fourth-order valence-electron chi connectivity index (χ4n) is 10.3. The van der Waals surface area contributed by atoms with Gasteiger partial charge in [0, 0.05) is 73.3 Å². The first-order valence-corrected chi connectivity index (χ1v) is 23.4. The molecule has 0 aliphatic heterocycles. The third kappa shape index (κ3) is 5.43. The second kappa shape index (κ2) is 13.9. The second-order valence-corrected chi connectivity index (χ2v) is 19.1. The van der Waals surface area contributed by atoms with E-state index in [1.165, 1.54) is 117 Å². The molecule has 0 amide bonds. The minimum Gasteiger partial charge on any atom is -0.309 e. The zero-order valence-corrected chi connectivity index (χ0v) is 36.1. The minimum absolute atomic E-state index is 1.16. The van der Waals surface area contributed by atoms with Crippen LogP contribution in [0.1, 0.15) is 0 Å². The van der Waals surface area contributed by atoms with Crippen LogP contribution in [0.15, 0.2) is 218 Å². The van der Waals surface area contributed by atoms with Crippen LogP contribution in [0.5, 0.6) is 0 Å². The molecule has 0 aliphatic rings. The highest BCUT2D eigenvalue weighted by Gasteiger charge is 2.20. The predicted molar refractivity (Wildman–Crippen MR) is 277 cm³/mol. The summed E-state index contributed by atoms with van der Waals surface area (Å²) in [7, 11) is 0. The zero-order valence-electron chi connectivity index (χ0n) is 34.5. The van der Waals surface area contributed by atoms with Gasteiger partial charge in [-0.1, -0.05) is 133 Å². The van der Waals surface area contributed by atoms with Gasteiger partial charge in [0.15, 0.2) is 0 Å². The van der Waals surface area contributed by atoms with Crippen LogP contribution in [0.3, 0.4) is 0 Å². The lowest BCUT2D eigenvalue weighted by Crippen LogP contribution is -1.94. The maximum Gasteiger partial charge on any atom is 0.0555 e. The Morgan fingerprint density at radius 3 is 1.02 bits per heavy atom. The summed E-state index contributed by atoms with van der Waals surface area (Å²) < 4.78 is 10.2. The van der Waals surface area contributed by atoms with Crippen LogP contribution in [-0.2, 0) is 0 Å². The monoisotopic (exact) mass is 848 g/mol. The smallest absolute Gasteiger partial charge is 0.0555 e. The average molecular weight is 849 g/mol. The van der Waals surface area contributed by atoms with Gasteiger partial charge in [0.1, 0.15) is 0 Å². The summed E-state index contributed by atoms with van der Waals surface area (Å²) in [6.07, 6.45) is 0. The predicted octanol–water partition coefficient (Wildman–Crippen LogP) is 17.6. The molecule has 4 heterocycles. The third-order valence-corrected chi connectivity index (χ3v) is 15.6. The van der Waals surface area contributed by atoms with Gasteiger partial charge in [0.05, 0.1) is 22.1 Å². The van der Waals surface area contributed by atoms with E-state index in [9.17, 15) is 0 Å². The number of thiophene rings is 2. The van der Waals surface area contributed by atoms with E-state index in [-0.39, 0.29) is 0 Å². The van der Waals surface area contributed by atoms with Gasteiger partial charge in [0.25, 0.3) is 0 Å². The molecule has 10 aromatic carbocycles. The molecule has 0 radical (unpaired) electrons. The molecule has 0 bridgehead atoms. The van der Waals surface area contributed by atoms with Crippen LogP contribution in [0, 0.1) is 0 Å². The number of hydrogen-bond donors (Lipinski definition) is 0. The zero-order chi connectivity index (χ0) is 41.9. The summed E-state index contributed by atoms with van der Waals surface area (Å²) in [5, 5.41) is 10.3. The lowest BCUT2D eigenvalue weighted by molar-refractivity contribution is 1.18. The highest BCUT2D eigenvalue weighted by molar-refractivity contribution is 7.26. The van der Waals surface area contributed by atoms with Gasteiger partial charge >= 0.3 is 0 Å². The molecule has 0 spiro atoms. The molecule has 0 fully saturated rings. The highest BCUT2D eigenvalue weighted by Crippen LogP contribution is 2.44. The molecule has 0 saturated heterocycles. The Morgan fingerprint density at radius 1 is 0.219 bits per heavy atom. The van der Waals surface area contributed by atoms with Crippen molar-refractivity contribution in [2.75, 3.05) is 0 Å². The third-order valence-electron chi connectivity index (χ3n) is 13.3. The molecule has 0 unspecified atom stereocenters. The lowest BCUT2D eigenvalue weighted by Gasteiger charge is -2.11. The van der Waals surface area contributed by atoms with Gasteiger partial charge in [-0.2, -0.15) is 0 Å². The molecule has 0 aliphatic carbocycles. The highest BCUT2D eigenvalue weighted by atomic mass is 32.1. The SMILES string of the molecule is c1ccc(-c2ccc(-n3c4ccc(-c5ccc6c(c5)c5cc7c(cc5n6-c5ccc(-c6ccccc6)cc5)sc5ccccc57)cc4c4cc5c(cc43)sc3ccccc35)cc2)cc1. The van der Waals surface area contributed by atoms with Crippen LogP contribution in [0.4, 0.5) is 0 Å². The van der Waals surface area contributed by atoms with E-state index >= 15 is 0 Å². The molecule has 4 aromatic heterocycles. The molecule has 0 N–H and O–H groups in total. The summed E-state index contributed by atoms with van der Waals surface area (Å²) in [4.78, 5) is 0. The van der Waals surface area contributed by atoms with Gasteiger partial charge in [-0.3, -0.25) is 0 Å². The van der Waals surface area contributed by atoms with Crippen molar-refractivity contribution in [3.8, 4) is 44.8 Å². The van der Waals surface area contributed by atoms with Gasteiger partial charge in [0.2, 0.25) is 0 Å². The first-order chi connectivity index (χ1) is 31.7. The normalized spacial score (nSPS) is 12.1. The summed E-state index contributed by atoms with van der Waals surface area (Å²) in [5.41, 5.74) is 14.5. The fraction of sp³-hybridized carbons (Fsp3) is 0. The van der Waals surface area contributed by atoms with Crippen molar-refractivity contribution in [2.45, 2.75) is 0 Å². The van der Waals surface area contributed by atoms with Crippen molar-refractivity contribution in [2.24, 2.45) is 0 Å². The average Bonchev–Trinajstić information content (AvgIpc) is 4.10. The van der Waals surface area contributed by atoms with Crippen molar-refractivity contribution < 1.29 is 0 Å². The fourth-order valence-corrected chi connectivity index (χ4v) is 12.5. The molecule has 4 heteroatoms. The second-order valence-electron chi connectivity index (χ2n) is 16.9. The van der Waals surface area contributed by atoms with E-state index in [0.29, 0.717) is 0 Å². The van der Waals surface area contributed by atoms with E-state index in [1.807, 2.05) is 22.7 Å². The maximum absolute atomic E-state index is 2.46. The van der Waals surface area contributed by atoms with Crippen LogP contribution >= 0.6 is 22.7 Å². The Balaban J connectivity index is 0.979. The molecule has 0 saturated carbocycles. The summed E-state index contributed by atoms with van der Waals surface area (Å²) in [6.45, 7) is 0. The van der Waals surface area contributed by atoms with Crippen LogP contribution in [0.25, 0.3) is 129 Å². The Kier molecular flexibility index (Phi) is 7.76. The molecule has 14 aromatic rings. The number of fused-ring (bicyclic) bond motifs is 12. The van der Waals surface area contributed by atoms with Crippen molar-refractivity contribution in [3.63, 3.8) is 0 Å². The van der Waals surface area contributed by atoms with Crippen LogP contribution in [0.2, 0.25) is 0 Å². The standard InChI is InChI=1S/C60H36N2S2/c1-3-11-37(12-4-1)39-19-25-43(26-20-39)61-53-29-23-41(31-47(53)49-33-51-45-15-7-9-17-57(45)63-59(51)35-55(49)61)42-24-30-54-48(32-42)50-34-52-46-16-8-10-18-58(46)64-60(52)36-56(50)62(54)44-27-21-40(22-28-44)38-13-5-2-6-14-38/h1-36H. The largest absolute Gasteiger partial charge is 0.309 e. The Bertz CT molecular complexity index is 3880. The quantitative estimate of drug-likeness (QED) is 0.163. The van der Waals surface area contributed by atoms with E-state index in [1.54, 1.807) is 0 Å². The van der Waals surface area contributed by atoms with E-state index in [4.69, 9.17) is 0 Å². The van der Waals surface area contributed by atoms with Crippen molar-refractivity contribution in [1.29, 1.82) is 0 Å². The van der Waals surface area contributed by atoms with Crippen molar-refractivity contribution in [3.05, 3.63) is 218 Å². The Hall–Kier alpha value is -7.76. The van der Waals surface area contributed by atoms with Gasteiger partial charge in [-0.15, -0.1) is 22.7 Å².